The molecule has 2 rings (SSSR count). The molecule has 0 fully saturated rings. The third kappa shape index (κ3) is 4.15. The lowest BCUT2D eigenvalue weighted by atomic mass is 10.1. The van der Waals surface area contributed by atoms with Crippen LogP contribution in [0.4, 0.5) is 24.5 Å². The van der Waals surface area contributed by atoms with E-state index in [1.165, 1.54) is 6.07 Å². The van der Waals surface area contributed by atoms with Crippen LogP contribution in [0.15, 0.2) is 22.7 Å². The Bertz CT molecular complexity index is 784. The summed E-state index contributed by atoms with van der Waals surface area (Å²) in [5, 5.41) is 9.24. The largest absolute Gasteiger partial charge is 0.416 e. The van der Waals surface area contributed by atoms with Crippen LogP contribution in [0.3, 0.4) is 0 Å². The number of carbonyl (C=O) groups excluding carboxylic acids is 1. The Morgan fingerprint density at radius 1 is 1.32 bits per heavy atom. The lowest BCUT2D eigenvalue weighted by molar-refractivity contribution is -0.137. The van der Waals surface area contributed by atoms with Gasteiger partial charge in [0.2, 0.25) is 0 Å². The van der Waals surface area contributed by atoms with E-state index in [4.69, 9.17) is 0 Å². The average molecular weight is 419 g/mol. The molecular formula is C16H18BrF3N4O. The number of amides is 1. The van der Waals surface area contributed by atoms with Crippen molar-refractivity contribution in [2.45, 2.75) is 25.9 Å². The summed E-state index contributed by atoms with van der Waals surface area (Å²) in [5.41, 5.74) is 0.508. The summed E-state index contributed by atoms with van der Waals surface area (Å²) in [5.74, 6) is -0.494. The SMILES string of the molecule is CC(C)c1[nH]nc(C(=O)Nc2cc(C(F)(F)F)ccc2N(C)C)c1Br. The van der Waals surface area contributed by atoms with Crippen LogP contribution in [-0.4, -0.2) is 30.2 Å². The van der Waals surface area contributed by atoms with Gasteiger partial charge in [-0.05, 0) is 40.0 Å². The highest BCUT2D eigenvalue weighted by atomic mass is 79.9. The Morgan fingerprint density at radius 2 is 1.96 bits per heavy atom. The van der Waals surface area contributed by atoms with Crippen LogP contribution < -0.4 is 10.2 Å². The number of H-pyrrole nitrogens is 1. The lowest BCUT2D eigenvalue weighted by Gasteiger charge is -2.19. The molecule has 5 nitrogen and oxygen atoms in total. The number of nitrogens with zero attached hydrogens (tertiary/aromatic N) is 2. The summed E-state index contributed by atoms with van der Waals surface area (Å²) in [4.78, 5) is 14.1. The molecule has 0 bridgehead atoms. The first-order valence-electron chi connectivity index (χ1n) is 7.46. The van der Waals surface area contributed by atoms with Gasteiger partial charge in [0.25, 0.3) is 5.91 Å². The van der Waals surface area contributed by atoms with Crippen molar-refractivity contribution in [2.75, 3.05) is 24.3 Å². The monoisotopic (exact) mass is 418 g/mol. The van der Waals surface area contributed by atoms with Crippen molar-refractivity contribution in [3.8, 4) is 0 Å². The molecule has 0 atom stereocenters. The molecule has 0 spiro atoms. The summed E-state index contributed by atoms with van der Waals surface area (Å²) in [7, 11) is 3.36. The topological polar surface area (TPSA) is 61.0 Å². The zero-order valence-electron chi connectivity index (χ0n) is 14.1. The minimum absolute atomic E-state index is 0.0609. The zero-order chi connectivity index (χ0) is 18.9. The molecule has 1 amide bonds. The minimum Gasteiger partial charge on any atom is -0.376 e. The molecule has 0 saturated heterocycles. The number of hydrogen-bond donors (Lipinski definition) is 2. The number of alkyl halides is 3. The molecule has 0 saturated carbocycles. The van der Waals surface area contributed by atoms with Crippen molar-refractivity contribution in [3.63, 3.8) is 0 Å². The van der Waals surface area contributed by atoms with Crippen molar-refractivity contribution in [2.24, 2.45) is 0 Å². The average Bonchev–Trinajstić information content (AvgIpc) is 2.87. The van der Waals surface area contributed by atoms with E-state index in [9.17, 15) is 18.0 Å². The molecule has 0 radical (unpaired) electrons. The molecule has 0 aliphatic carbocycles. The van der Waals surface area contributed by atoms with E-state index in [1.54, 1.807) is 19.0 Å². The minimum atomic E-state index is -4.50. The number of nitrogens with one attached hydrogen (secondary N) is 2. The first kappa shape index (κ1) is 19.3. The highest BCUT2D eigenvalue weighted by Gasteiger charge is 2.31. The first-order chi connectivity index (χ1) is 11.5. The van der Waals surface area contributed by atoms with Gasteiger partial charge in [-0.15, -0.1) is 0 Å². The fourth-order valence-electron chi connectivity index (χ4n) is 2.26. The Morgan fingerprint density at radius 3 is 2.44 bits per heavy atom. The van der Waals surface area contributed by atoms with Crippen LogP contribution >= 0.6 is 15.9 Å². The third-order valence-corrected chi connectivity index (χ3v) is 4.38. The molecule has 2 aromatic rings. The quantitative estimate of drug-likeness (QED) is 0.760. The van der Waals surface area contributed by atoms with Gasteiger partial charge in [0.15, 0.2) is 5.69 Å². The number of carbonyl (C=O) groups is 1. The molecule has 2 N–H and O–H groups in total. The lowest BCUT2D eigenvalue weighted by Crippen LogP contribution is -2.18. The second kappa shape index (κ2) is 7.07. The number of anilines is 2. The standard InChI is InChI=1S/C16H18BrF3N4O/c1-8(2)13-12(17)14(23-22-13)15(25)21-10-7-9(16(18,19)20)5-6-11(10)24(3)4/h5-8H,1-4H3,(H,21,25)(H,22,23). The van der Waals surface area contributed by atoms with E-state index >= 15 is 0 Å². The molecule has 0 aliphatic heterocycles. The molecule has 1 aromatic carbocycles. The van der Waals surface area contributed by atoms with Gasteiger partial charge in [-0.3, -0.25) is 9.89 Å². The van der Waals surface area contributed by atoms with Crippen LogP contribution in [0.2, 0.25) is 0 Å². The van der Waals surface area contributed by atoms with E-state index in [-0.39, 0.29) is 17.3 Å². The van der Waals surface area contributed by atoms with Crippen LogP contribution in [0, 0.1) is 0 Å². The molecule has 9 heteroatoms. The molecule has 1 aromatic heterocycles. The predicted octanol–water partition coefficient (Wildman–Crippen LogP) is 4.63. The molecule has 1 heterocycles. The van der Waals surface area contributed by atoms with Gasteiger partial charge in [-0.25, -0.2) is 0 Å². The van der Waals surface area contributed by atoms with E-state index < -0.39 is 17.6 Å². The van der Waals surface area contributed by atoms with Crippen molar-refractivity contribution in [1.82, 2.24) is 10.2 Å². The summed E-state index contributed by atoms with van der Waals surface area (Å²) >= 11 is 3.31. The number of benzene rings is 1. The molecular weight excluding hydrogens is 401 g/mol. The summed E-state index contributed by atoms with van der Waals surface area (Å²) in [6, 6.07) is 3.21. The summed E-state index contributed by atoms with van der Waals surface area (Å²) in [6.07, 6.45) is -4.50. The van der Waals surface area contributed by atoms with Crippen molar-refractivity contribution in [1.29, 1.82) is 0 Å². The number of halogens is 4. The number of aromatic nitrogens is 2. The van der Waals surface area contributed by atoms with E-state index in [0.29, 0.717) is 10.2 Å². The molecule has 25 heavy (non-hydrogen) atoms. The van der Waals surface area contributed by atoms with Crippen LogP contribution in [0.25, 0.3) is 0 Å². The normalized spacial score (nSPS) is 11.7. The van der Waals surface area contributed by atoms with Crippen molar-refractivity contribution in [3.05, 3.63) is 39.6 Å². The van der Waals surface area contributed by atoms with E-state index in [1.807, 2.05) is 13.8 Å². The maximum absolute atomic E-state index is 13.0. The van der Waals surface area contributed by atoms with Gasteiger partial charge in [0.05, 0.1) is 27.1 Å². The van der Waals surface area contributed by atoms with Gasteiger partial charge in [-0.1, -0.05) is 13.8 Å². The predicted molar refractivity (Wildman–Crippen MR) is 94.1 cm³/mol. The second-order valence-electron chi connectivity index (χ2n) is 6.03. The first-order valence-corrected chi connectivity index (χ1v) is 8.25. The third-order valence-electron chi connectivity index (χ3n) is 3.58. The van der Waals surface area contributed by atoms with Gasteiger partial charge in [-0.2, -0.15) is 18.3 Å². The molecule has 0 aliphatic rings. The highest BCUT2D eigenvalue weighted by Crippen LogP contribution is 2.35. The van der Waals surface area contributed by atoms with Crippen LogP contribution in [-0.2, 0) is 6.18 Å². The van der Waals surface area contributed by atoms with E-state index in [0.717, 1.165) is 17.8 Å². The Labute approximate surface area is 151 Å². The molecule has 0 unspecified atom stereocenters. The fourth-order valence-corrected chi connectivity index (χ4v) is 3.07. The second-order valence-corrected chi connectivity index (χ2v) is 6.83. The Balaban J connectivity index is 2.39. The Hall–Kier alpha value is -2.03. The van der Waals surface area contributed by atoms with Crippen molar-refractivity contribution < 1.29 is 18.0 Å². The van der Waals surface area contributed by atoms with Crippen LogP contribution in [0.5, 0.6) is 0 Å². The maximum atomic E-state index is 13.0. The summed E-state index contributed by atoms with van der Waals surface area (Å²) in [6.45, 7) is 3.85. The van der Waals surface area contributed by atoms with Gasteiger partial charge < -0.3 is 10.2 Å². The van der Waals surface area contributed by atoms with Gasteiger partial charge in [0, 0.05) is 14.1 Å². The zero-order valence-corrected chi connectivity index (χ0v) is 15.7. The van der Waals surface area contributed by atoms with Gasteiger partial charge >= 0.3 is 6.18 Å². The Kier molecular flexibility index (Phi) is 5.46. The maximum Gasteiger partial charge on any atom is 0.416 e. The molecule has 136 valence electrons. The van der Waals surface area contributed by atoms with Crippen molar-refractivity contribution >= 4 is 33.2 Å². The highest BCUT2D eigenvalue weighted by molar-refractivity contribution is 9.10. The van der Waals surface area contributed by atoms with E-state index in [2.05, 4.69) is 31.4 Å². The fraction of sp³-hybridized carbons (Fsp3) is 0.375. The van der Waals surface area contributed by atoms with Gasteiger partial charge in [0.1, 0.15) is 0 Å². The summed E-state index contributed by atoms with van der Waals surface area (Å²) < 4.78 is 39.4. The number of hydrogen-bond acceptors (Lipinski definition) is 3. The number of rotatable bonds is 4. The number of aromatic amines is 1. The smallest absolute Gasteiger partial charge is 0.376 e. The van der Waals surface area contributed by atoms with Crippen LogP contribution in [0.1, 0.15) is 41.5 Å².